The maximum Gasteiger partial charge on any atom is 0.251 e. The van der Waals surface area contributed by atoms with Crippen LogP contribution in [-0.4, -0.2) is 33.8 Å². The highest BCUT2D eigenvalue weighted by molar-refractivity contribution is 5.95. The lowest BCUT2D eigenvalue weighted by atomic mass is 10.1. The summed E-state index contributed by atoms with van der Waals surface area (Å²) in [6, 6.07) is 9.46. The minimum Gasteiger partial charge on any atom is -0.493 e. The molecule has 2 aromatic rings. The number of carbonyl (C=O) groups excluding carboxylic acids is 1. The first-order chi connectivity index (χ1) is 11.6. The van der Waals surface area contributed by atoms with Crippen molar-refractivity contribution in [3.05, 3.63) is 53.3 Å². The van der Waals surface area contributed by atoms with Crippen LogP contribution in [0.2, 0.25) is 0 Å². The molecule has 0 atom stereocenters. The van der Waals surface area contributed by atoms with Crippen molar-refractivity contribution in [2.45, 2.75) is 6.42 Å². The van der Waals surface area contributed by atoms with Crippen LogP contribution >= 0.6 is 0 Å². The van der Waals surface area contributed by atoms with Gasteiger partial charge in [-0.25, -0.2) is 4.39 Å². The Morgan fingerprint density at radius 1 is 1.04 bits per heavy atom. The van der Waals surface area contributed by atoms with Gasteiger partial charge < -0.3 is 19.5 Å². The normalized spacial score (nSPS) is 10.2. The molecule has 0 unspecified atom stereocenters. The largest absolute Gasteiger partial charge is 0.493 e. The number of benzene rings is 2. The molecule has 0 aromatic heterocycles. The van der Waals surface area contributed by atoms with Crippen LogP contribution in [-0.2, 0) is 6.42 Å². The fourth-order valence-corrected chi connectivity index (χ4v) is 2.33. The number of ether oxygens (including phenoxy) is 3. The van der Waals surface area contributed by atoms with Gasteiger partial charge in [-0.2, -0.15) is 0 Å². The summed E-state index contributed by atoms with van der Waals surface area (Å²) in [7, 11) is 4.48. The molecule has 0 saturated carbocycles. The number of methoxy groups -OCH3 is 3. The van der Waals surface area contributed by atoms with Crippen LogP contribution in [0.15, 0.2) is 36.4 Å². The zero-order chi connectivity index (χ0) is 17.5. The van der Waals surface area contributed by atoms with Gasteiger partial charge in [-0.15, -0.1) is 0 Å². The summed E-state index contributed by atoms with van der Waals surface area (Å²) in [5.74, 6) is 0.685. The molecule has 1 amide bonds. The van der Waals surface area contributed by atoms with Crippen LogP contribution in [0.5, 0.6) is 17.2 Å². The van der Waals surface area contributed by atoms with E-state index in [0.717, 1.165) is 5.56 Å². The van der Waals surface area contributed by atoms with Crippen LogP contribution < -0.4 is 19.5 Å². The van der Waals surface area contributed by atoms with Crippen molar-refractivity contribution in [2.24, 2.45) is 0 Å². The molecule has 24 heavy (non-hydrogen) atoms. The van der Waals surface area contributed by atoms with Gasteiger partial charge in [0.2, 0.25) is 5.75 Å². The van der Waals surface area contributed by atoms with E-state index in [1.54, 1.807) is 18.2 Å². The summed E-state index contributed by atoms with van der Waals surface area (Å²) < 4.78 is 28.8. The second kappa shape index (κ2) is 8.19. The second-order valence-corrected chi connectivity index (χ2v) is 5.05. The molecule has 0 aliphatic carbocycles. The molecule has 6 heteroatoms. The Morgan fingerprint density at radius 3 is 2.25 bits per heavy atom. The van der Waals surface area contributed by atoms with Crippen LogP contribution in [0.4, 0.5) is 4.39 Å². The Morgan fingerprint density at radius 2 is 1.71 bits per heavy atom. The van der Waals surface area contributed by atoms with Crippen molar-refractivity contribution in [2.75, 3.05) is 27.9 Å². The van der Waals surface area contributed by atoms with Crippen LogP contribution in [0.25, 0.3) is 0 Å². The highest BCUT2D eigenvalue weighted by atomic mass is 19.1. The molecule has 128 valence electrons. The predicted molar refractivity (Wildman–Crippen MR) is 88.5 cm³/mol. The van der Waals surface area contributed by atoms with Gasteiger partial charge in [-0.3, -0.25) is 4.79 Å². The highest BCUT2D eigenvalue weighted by Gasteiger charge is 2.16. The summed E-state index contributed by atoms with van der Waals surface area (Å²) in [5.41, 5.74) is 1.21. The molecule has 5 nitrogen and oxygen atoms in total. The van der Waals surface area contributed by atoms with Crippen LogP contribution in [0.3, 0.4) is 0 Å². The number of halogens is 1. The topological polar surface area (TPSA) is 56.8 Å². The smallest absolute Gasteiger partial charge is 0.251 e. The number of rotatable bonds is 7. The van der Waals surface area contributed by atoms with E-state index in [1.807, 2.05) is 6.07 Å². The van der Waals surface area contributed by atoms with Gasteiger partial charge in [0.1, 0.15) is 5.82 Å². The quantitative estimate of drug-likeness (QED) is 0.846. The van der Waals surface area contributed by atoms with E-state index in [-0.39, 0.29) is 11.7 Å². The molecule has 0 spiro atoms. The van der Waals surface area contributed by atoms with Gasteiger partial charge in [0.25, 0.3) is 5.91 Å². The summed E-state index contributed by atoms with van der Waals surface area (Å²) >= 11 is 0. The van der Waals surface area contributed by atoms with E-state index in [2.05, 4.69) is 5.32 Å². The van der Waals surface area contributed by atoms with Crippen molar-refractivity contribution in [1.82, 2.24) is 5.32 Å². The van der Waals surface area contributed by atoms with Gasteiger partial charge in [0.15, 0.2) is 11.5 Å². The van der Waals surface area contributed by atoms with Gasteiger partial charge in [0.05, 0.1) is 21.3 Å². The zero-order valence-electron chi connectivity index (χ0n) is 13.9. The molecule has 0 aliphatic heterocycles. The van der Waals surface area contributed by atoms with E-state index in [4.69, 9.17) is 14.2 Å². The summed E-state index contributed by atoms with van der Waals surface area (Å²) in [6.07, 6.45) is 0.536. The Labute approximate surface area is 140 Å². The fourth-order valence-electron chi connectivity index (χ4n) is 2.33. The molecule has 0 bridgehead atoms. The first-order valence-corrected chi connectivity index (χ1v) is 7.41. The number of nitrogens with one attached hydrogen (secondary N) is 1. The first-order valence-electron chi connectivity index (χ1n) is 7.41. The number of hydrogen-bond donors (Lipinski definition) is 1. The fraction of sp³-hybridized carbons (Fsp3) is 0.278. The van der Waals surface area contributed by atoms with Crippen molar-refractivity contribution in [3.8, 4) is 17.2 Å². The Bertz CT molecular complexity index is 693. The Balaban J connectivity index is 2.06. The van der Waals surface area contributed by atoms with E-state index in [1.165, 1.54) is 33.5 Å². The summed E-state index contributed by atoms with van der Waals surface area (Å²) in [5, 5.41) is 2.79. The highest BCUT2D eigenvalue weighted by Crippen LogP contribution is 2.38. The third-order valence-corrected chi connectivity index (χ3v) is 3.52. The second-order valence-electron chi connectivity index (χ2n) is 5.05. The Kier molecular flexibility index (Phi) is 6.01. The van der Waals surface area contributed by atoms with Crippen LogP contribution in [0.1, 0.15) is 15.9 Å². The van der Waals surface area contributed by atoms with Gasteiger partial charge in [-0.1, -0.05) is 12.1 Å². The van der Waals surface area contributed by atoms with E-state index in [0.29, 0.717) is 35.8 Å². The minimum atomic E-state index is -0.288. The average Bonchev–Trinajstić information content (AvgIpc) is 2.60. The predicted octanol–water partition coefficient (Wildman–Crippen LogP) is 2.82. The molecule has 0 heterocycles. The van der Waals surface area contributed by atoms with E-state index in [9.17, 15) is 9.18 Å². The molecule has 0 radical (unpaired) electrons. The van der Waals surface area contributed by atoms with Crippen molar-refractivity contribution in [1.29, 1.82) is 0 Å². The molecule has 2 rings (SSSR count). The molecule has 0 fully saturated rings. The zero-order valence-corrected chi connectivity index (χ0v) is 13.9. The standard InChI is InChI=1S/C18H20FNO4/c1-22-15-10-13(11-16(23-2)17(15)24-3)18(21)20-8-7-12-5-4-6-14(19)9-12/h4-6,9-11H,7-8H2,1-3H3,(H,20,21). The molecule has 2 aromatic carbocycles. The number of carbonyl (C=O) groups is 1. The maximum absolute atomic E-state index is 13.1. The SMILES string of the molecule is COc1cc(C(=O)NCCc2cccc(F)c2)cc(OC)c1OC. The first kappa shape index (κ1) is 17.6. The van der Waals surface area contributed by atoms with E-state index < -0.39 is 0 Å². The maximum atomic E-state index is 13.1. The monoisotopic (exact) mass is 333 g/mol. The number of hydrogen-bond acceptors (Lipinski definition) is 4. The van der Waals surface area contributed by atoms with Crippen LogP contribution in [0, 0.1) is 5.82 Å². The lowest BCUT2D eigenvalue weighted by molar-refractivity contribution is 0.0953. The van der Waals surface area contributed by atoms with Gasteiger partial charge in [0, 0.05) is 12.1 Å². The van der Waals surface area contributed by atoms with Crippen molar-refractivity contribution in [3.63, 3.8) is 0 Å². The third-order valence-electron chi connectivity index (χ3n) is 3.52. The third kappa shape index (κ3) is 4.16. The lowest BCUT2D eigenvalue weighted by Crippen LogP contribution is -2.25. The molecule has 0 aliphatic rings. The Hall–Kier alpha value is -2.76. The van der Waals surface area contributed by atoms with Gasteiger partial charge in [-0.05, 0) is 36.2 Å². The lowest BCUT2D eigenvalue weighted by Gasteiger charge is -2.14. The average molecular weight is 333 g/mol. The molecule has 1 N–H and O–H groups in total. The molecular formula is C18H20FNO4. The van der Waals surface area contributed by atoms with Crippen molar-refractivity contribution >= 4 is 5.91 Å². The van der Waals surface area contributed by atoms with Gasteiger partial charge >= 0.3 is 0 Å². The van der Waals surface area contributed by atoms with E-state index >= 15 is 0 Å². The van der Waals surface area contributed by atoms with Crippen molar-refractivity contribution < 1.29 is 23.4 Å². The summed E-state index contributed by atoms with van der Waals surface area (Å²) in [6.45, 7) is 0.388. The molecular weight excluding hydrogens is 313 g/mol. The minimum absolute atomic E-state index is 0.273. The molecule has 0 saturated heterocycles. The number of amides is 1. The summed E-state index contributed by atoms with van der Waals surface area (Å²) in [4.78, 5) is 12.3.